The van der Waals surface area contributed by atoms with Crippen LogP contribution in [0.5, 0.6) is 0 Å². The molecule has 1 aliphatic heterocycles. The van der Waals surface area contributed by atoms with Crippen LogP contribution in [0.15, 0.2) is 65.5 Å². The second kappa shape index (κ2) is 9.04. The van der Waals surface area contributed by atoms with E-state index >= 15 is 0 Å². The predicted molar refractivity (Wildman–Crippen MR) is 124 cm³/mol. The van der Waals surface area contributed by atoms with Gasteiger partial charge in [0, 0.05) is 37.5 Å². The normalized spacial score (nSPS) is 16.3. The molecule has 0 N–H and O–H groups in total. The number of thiazole rings is 1. The number of piperidine rings is 1. The number of oxazole rings is 1. The zero-order chi connectivity index (χ0) is 21.9. The smallest absolute Gasteiger partial charge is 0.265 e. The number of amides is 1. The van der Waals surface area contributed by atoms with Gasteiger partial charge in [-0.2, -0.15) is 0 Å². The summed E-state index contributed by atoms with van der Waals surface area (Å²) in [6.07, 6.45) is 7.95. The van der Waals surface area contributed by atoms with E-state index < -0.39 is 0 Å². The third kappa shape index (κ3) is 4.34. The number of aryl methyl sites for hydroxylation is 1. The average Bonchev–Trinajstić information content (AvgIpc) is 3.47. The summed E-state index contributed by atoms with van der Waals surface area (Å²) in [5.74, 6) is 1.73. The van der Waals surface area contributed by atoms with Gasteiger partial charge >= 0.3 is 0 Å². The van der Waals surface area contributed by atoms with Gasteiger partial charge < -0.3 is 9.32 Å². The lowest BCUT2D eigenvalue weighted by Gasteiger charge is -2.31. The fourth-order valence-electron chi connectivity index (χ4n) is 4.10. The molecule has 1 aliphatic rings. The highest BCUT2D eigenvalue weighted by Gasteiger charge is 2.30. The monoisotopic (exact) mass is 444 g/mol. The summed E-state index contributed by atoms with van der Waals surface area (Å²) in [6.45, 7) is 3.26. The van der Waals surface area contributed by atoms with Gasteiger partial charge in [0.25, 0.3) is 5.91 Å². The highest BCUT2D eigenvalue weighted by Crippen LogP contribution is 2.32. The van der Waals surface area contributed by atoms with Gasteiger partial charge in [0.1, 0.15) is 15.6 Å². The molecule has 0 radical (unpaired) electrons. The summed E-state index contributed by atoms with van der Waals surface area (Å²) in [7, 11) is 0. The maximum atomic E-state index is 13.3. The Bertz CT molecular complexity index is 1200. The number of carbonyl (C=O) groups is 1. The second-order valence-electron chi connectivity index (χ2n) is 8.09. The number of pyridine rings is 1. The minimum Gasteiger partial charge on any atom is -0.445 e. The molecule has 4 heterocycles. The van der Waals surface area contributed by atoms with Gasteiger partial charge in [-0.15, -0.1) is 11.3 Å². The van der Waals surface area contributed by atoms with Crippen LogP contribution >= 0.6 is 11.3 Å². The lowest BCUT2D eigenvalue weighted by atomic mass is 9.98. The first-order chi connectivity index (χ1) is 15.7. The number of hydrogen-bond donors (Lipinski definition) is 0. The second-order valence-corrected chi connectivity index (χ2v) is 9.09. The first-order valence-electron chi connectivity index (χ1n) is 10.8. The zero-order valence-corrected chi connectivity index (χ0v) is 18.7. The molecule has 0 saturated carbocycles. The van der Waals surface area contributed by atoms with Crippen molar-refractivity contribution in [1.29, 1.82) is 0 Å². The highest BCUT2D eigenvalue weighted by molar-refractivity contribution is 7.17. The van der Waals surface area contributed by atoms with Crippen molar-refractivity contribution in [3.05, 3.63) is 88.8 Å². The molecule has 1 aromatic carbocycles. The molecule has 0 bridgehead atoms. The van der Waals surface area contributed by atoms with Gasteiger partial charge in [-0.3, -0.25) is 9.78 Å². The Labute approximate surface area is 191 Å². The Hall–Kier alpha value is -3.32. The third-order valence-electron chi connectivity index (χ3n) is 5.75. The van der Waals surface area contributed by atoms with E-state index in [2.05, 4.69) is 27.1 Å². The van der Waals surface area contributed by atoms with E-state index in [9.17, 15) is 4.79 Å². The quantitative estimate of drug-likeness (QED) is 0.428. The molecule has 1 fully saturated rings. The lowest BCUT2D eigenvalue weighted by Crippen LogP contribution is -2.39. The lowest BCUT2D eigenvalue weighted by molar-refractivity contribution is 0.0702. The molecule has 32 heavy (non-hydrogen) atoms. The number of nitrogens with zero attached hydrogens (tertiary/aromatic N) is 4. The van der Waals surface area contributed by atoms with Crippen LogP contribution in [-0.2, 0) is 6.42 Å². The first-order valence-corrected chi connectivity index (χ1v) is 11.6. The van der Waals surface area contributed by atoms with Crippen molar-refractivity contribution in [3.8, 4) is 10.6 Å². The van der Waals surface area contributed by atoms with E-state index in [4.69, 9.17) is 4.42 Å². The molecule has 6 nitrogen and oxygen atoms in total. The van der Waals surface area contributed by atoms with Gasteiger partial charge in [0.15, 0.2) is 5.89 Å². The molecule has 162 valence electrons. The number of benzene rings is 1. The summed E-state index contributed by atoms with van der Waals surface area (Å²) in [4.78, 5) is 29.3. The number of rotatable bonds is 5. The first kappa shape index (κ1) is 20.6. The summed E-state index contributed by atoms with van der Waals surface area (Å²) in [5, 5.41) is 0.825. The van der Waals surface area contributed by atoms with Crippen LogP contribution in [0.2, 0.25) is 0 Å². The Balaban J connectivity index is 1.29. The van der Waals surface area contributed by atoms with Crippen molar-refractivity contribution in [2.45, 2.75) is 32.1 Å². The highest BCUT2D eigenvalue weighted by atomic mass is 32.1. The molecule has 0 unspecified atom stereocenters. The molecule has 3 aromatic heterocycles. The van der Waals surface area contributed by atoms with E-state index in [0.29, 0.717) is 11.4 Å². The van der Waals surface area contributed by atoms with E-state index in [1.807, 2.05) is 48.4 Å². The number of hydrogen-bond acceptors (Lipinski definition) is 6. The maximum absolute atomic E-state index is 13.3. The van der Waals surface area contributed by atoms with Gasteiger partial charge in [-0.1, -0.05) is 30.3 Å². The van der Waals surface area contributed by atoms with Gasteiger partial charge in [-0.25, -0.2) is 9.97 Å². The summed E-state index contributed by atoms with van der Waals surface area (Å²) in [5.41, 5.74) is 2.89. The standard InChI is InChI=1S/C25H24N4O2S/c1-17-22(32-24(28-17)19-9-5-11-26-14-19)25(30)29-12-6-10-20(16-29)23-27-15-21(31-23)13-18-7-3-2-4-8-18/h2-5,7-9,11,14-15,20H,6,10,12-13,16H2,1H3/t20-/m0/s1. The fourth-order valence-corrected chi connectivity index (χ4v) is 5.13. The van der Waals surface area contributed by atoms with Crippen LogP contribution in [0.1, 0.15) is 51.3 Å². The summed E-state index contributed by atoms with van der Waals surface area (Å²) in [6, 6.07) is 14.1. The Morgan fingerprint density at radius 2 is 2.06 bits per heavy atom. The maximum Gasteiger partial charge on any atom is 0.265 e. The van der Waals surface area contributed by atoms with E-state index in [0.717, 1.165) is 53.7 Å². The molecular weight excluding hydrogens is 420 g/mol. The summed E-state index contributed by atoms with van der Waals surface area (Å²) < 4.78 is 6.08. The van der Waals surface area contributed by atoms with Crippen molar-refractivity contribution in [3.63, 3.8) is 0 Å². The zero-order valence-electron chi connectivity index (χ0n) is 17.9. The fraction of sp³-hybridized carbons (Fsp3) is 0.280. The molecule has 0 aliphatic carbocycles. The molecule has 5 rings (SSSR count). The van der Waals surface area contributed by atoms with E-state index in [1.54, 1.807) is 12.4 Å². The number of likely N-dealkylation sites (tertiary alicyclic amines) is 1. The predicted octanol–water partition coefficient (Wildman–Crippen LogP) is 5.11. The van der Waals surface area contributed by atoms with Crippen molar-refractivity contribution >= 4 is 17.2 Å². The van der Waals surface area contributed by atoms with Crippen LogP contribution in [0.4, 0.5) is 0 Å². The van der Waals surface area contributed by atoms with Crippen LogP contribution in [-0.4, -0.2) is 38.8 Å². The molecule has 7 heteroatoms. The van der Waals surface area contributed by atoms with Crippen LogP contribution in [0, 0.1) is 6.92 Å². The van der Waals surface area contributed by atoms with Crippen molar-refractivity contribution in [2.75, 3.05) is 13.1 Å². The van der Waals surface area contributed by atoms with E-state index in [1.165, 1.54) is 16.9 Å². The molecule has 1 saturated heterocycles. The Kier molecular flexibility index (Phi) is 5.81. The minimum atomic E-state index is 0.0379. The van der Waals surface area contributed by atoms with Crippen LogP contribution < -0.4 is 0 Å². The Morgan fingerprint density at radius 1 is 1.19 bits per heavy atom. The van der Waals surface area contributed by atoms with Gasteiger partial charge in [0.05, 0.1) is 17.8 Å². The summed E-state index contributed by atoms with van der Waals surface area (Å²) >= 11 is 1.44. The molecule has 0 spiro atoms. The topological polar surface area (TPSA) is 72.1 Å². The van der Waals surface area contributed by atoms with E-state index in [-0.39, 0.29) is 11.8 Å². The number of carbonyl (C=O) groups excluding carboxylic acids is 1. The van der Waals surface area contributed by atoms with Gasteiger partial charge in [-0.05, 0) is 37.5 Å². The Morgan fingerprint density at radius 3 is 2.88 bits per heavy atom. The van der Waals surface area contributed by atoms with Crippen molar-refractivity contribution < 1.29 is 9.21 Å². The molecule has 4 aromatic rings. The average molecular weight is 445 g/mol. The SMILES string of the molecule is Cc1nc(-c2cccnc2)sc1C(=O)N1CCC[C@H](c2ncc(Cc3ccccc3)o2)C1. The van der Waals surface area contributed by atoms with Crippen molar-refractivity contribution in [1.82, 2.24) is 19.9 Å². The van der Waals surface area contributed by atoms with Gasteiger partial charge in [0.2, 0.25) is 0 Å². The number of aromatic nitrogens is 3. The minimum absolute atomic E-state index is 0.0379. The van der Waals surface area contributed by atoms with Crippen LogP contribution in [0.3, 0.4) is 0 Å². The van der Waals surface area contributed by atoms with Crippen molar-refractivity contribution in [2.24, 2.45) is 0 Å². The molecular formula is C25H24N4O2S. The molecule has 1 atom stereocenters. The van der Waals surface area contributed by atoms with Crippen LogP contribution in [0.25, 0.3) is 10.6 Å². The largest absolute Gasteiger partial charge is 0.445 e. The third-order valence-corrected chi connectivity index (χ3v) is 6.94. The molecule has 1 amide bonds.